The molecule has 0 heterocycles. The summed E-state index contributed by atoms with van der Waals surface area (Å²) < 4.78 is 5.27. The van der Waals surface area contributed by atoms with E-state index in [1.54, 1.807) is 21.0 Å². The van der Waals surface area contributed by atoms with Gasteiger partial charge in [-0.1, -0.05) is 6.07 Å². The van der Waals surface area contributed by atoms with Crippen LogP contribution in [-0.4, -0.2) is 36.9 Å². The summed E-state index contributed by atoms with van der Waals surface area (Å²) in [7, 11) is 1.68. The Kier molecular flexibility index (Phi) is 5.29. The zero-order chi connectivity index (χ0) is 16.2. The van der Waals surface area contributed by atoms with Crippen LogP contribution in [0.15, 0.2) is 18.2 Å². The largest absolute Gasteiger partial charge is 0.497 e. The van der Waals surface area contributed by atoms with Crippen molar-refractivity contribution in [3.8, 4) is 5.75 Å². The first-order valence-corrected chi connectivity index (χ1v) is 7.80. The maximum Gasteiger partial charge on any atom is 0.314 e. The zero-order valence-electron chi connectivity index (χ0n) is 13.6. The molecule has 2 amide bonds. The normalized spacial score (nSPS) is 17.5. The first-order valence-electron chi connectivity index (χ1n) is 7.80. The van der Waals surface area contributed by atoms with E-state index in [2.05, 4.69) is 22.8 Å². The molecule has 0 fully saturated rings. The maximum atomic E-state index is 11.8. The van der Waals surface area contributed by atoms with Crippen molar-refractivity contribution in [2.24, 2.45) is 0 Å². The summed E-state index contributed by atoms with van der Waals surface area (Å²) in [6, 6.07) is 5.94. The highest BCUT2D eigenvalue weighted by molar-refractivity contribution is 5.74. The minimum absolute atomic E-state index is 0.233. The molecule has 0 saturated carbocycles. The number of benzene rings is 1. The fraction of sp³-hybridized carbons (Fsp3) is 0.588. The van der Waals surface area contributed by atoms with E-state index >= 15 is 0 Å². The highest BCUT2D eigenvalue weighted by Gasteiger charge is 2.21. The number of ether oxygens (including phenoxy) is 1. The van der Waals surface area contributed by atoms with E-state index in [9.17, 15) is 9.90 Å². The Hall–Kier alpha value is -1.75. The molecule has 3 N–H and O–H groups in total. The van der Waals surface area contributed by atoms with E-state index in [4.69, 9.17) is 4.74 Å². The van der Waals surface area contributed by atoms with Gasteiger partial charge < -0.3 is 20.5 Å². The van der Waals surface area contributed by atoms with E-state index in [0.717, 1.165) is 25.0 Å². The van der Waals surface area contributed by atoms with E-state index in [-0.39, 0.29) is 12.6 Å². The summed E-state index contributed by atoms with van der Waals surface area (Å²) in [5.41, 5.74) is 1.72. The van der Waals surface area contributed by atoms with Crippen molar-refractivity contribution in [3.05, 3.63) is 29.3 Å². The number of carbonyl (C=O) groups is 1. The predicted octanol–water partition coefficient (Wildman–Crippen LogP) is 2.19. The lowest BCUT2D eigenvalue weighted by Gasteiger charge is -2.26. The van der Waals surface area contributed by atoms with Gasteiger partial charge in [0.05, 0.1) is 12.7 Å². The fourth-order valence-corrected chi connectivity index (χ4v) is 2.81. The highest BCUT2D eigenvalue weighted by Crippen LogP contribution is 2.33. The van der Waals surface area contributed by atoms with Crippen LogP contribution in [0.4, 0.5) is 4.79 Å². The molecule has 22 heavy (non-hydrogen) atoms. The molecule has 1 aliphatic rings. The van der Waals surface area contributed by atoms with E-state index < -0.39 is 5.60 Å². The first kappa shape index (κ1) is 16.6. The molecule has 1 aromatic carbocycles. The number of nitrogens with one attached hydrogen (secondary N) is 2. The maximum absolute atomic E-state index is 11.8. The van der Waals surface area contributed by atoms with Crippen LogP contribution in [0.2, 0.25) is 0 Å². The number of aryl methyl sites for hydroxylation is 1. The quantitative estimate of drug-likeness (QED) is 0.781. The average Bonchev–Trinajstić information content (AvgIpc) is 2.49. The first-order chi connectivity index (χ1) is 10.4. The van der Waals surface area contributed by atoms with Gasteiger partial charge in [0.1, 0.15) is 5.75 Å². The molecule has 0 aromatic heterocycles. The number of hydrogen-bond acceptors (Lipinski definition) is 3. The van der Waals surface area contributed by atoms with Crippen molar-refractivity contribution in [2.45, 2.75) is 44.6 Å². The summed E-state index contributed by atoms with van der Waals surface area (Å²) in [6.45, 7) is 4.17. The van der Waals surface area contributed by atoms with Crippen molar-refractivity contribution in [1.82, 2.24) is 10.6 Å². The number of aliphatic hydroxyl groups is 1. The Bertz CT molecular complexity index is 523. The monoisotopic (exact) mass is 306 g/mol. The van der Waals surface area contributed by atoms with Gasteiger partial charge in [0.2, 0.25) is 0 Å². The Labute approximate surface area is 132 Å². The third kappa shape index (κ3) is 4.63. The molecule has 1 atom stereocenters. The smallest absolute Gasteiger partial charge is 0.314 e. The Balaban J connectivity index is 1.91. The summed E-state index contributed by atoms with van der Waals surface area (Å²) in [6.07, 6.45) is 3.26. The molecule has 0 spiro atoms. The van der Waals surface area contributed by atoms with Crippen molar-refractivity contribution in [2.75, 3.05) is 20.2 Å². The van der Waals surface area contributed by atoms with Crippen LogP contribution in [0.3, 0.4) is 0 Å². The number of methoxy groups -OCH3 is 1. The van der Waals surface area contributed by atoms with Crippen LogP contribution >= 0.6 is 0 Å². The zero-order valence-corrected chi connectivity index (χ0v) is 13.6. The second-order valence-electron chi connectivity index (χ2n) is 6.53. The summed E-state index contributed by atoms with van der Waals surface area (Å²) in [5, 5.41) is 15.2. The molecular formula is C17H26N2O3. The van der Waals surface area contributed by atoms with Gasteiger partial charge in [0, 0.05) is 19.0 Å². The SMILES string of the molecule is COc1ccc2c(c1)CCC[C@H]2CNC(=O)NCC(C)(C)O. The molecular weight excluding hydrogens is 280 g/mol. The lowest BCUT2D eigenvalue weighted by Crippen LogP contribution is -2.44. The predicted molar refractivity (Wildman–Crippen MR) is 86.4 cm³/mol. The number of amides is 2. The standard InChI is InChI=1S/C17H26N2O3/c1-17(2,21)11-19-16(20)18-10-13-6-4-5-12-9-14(22-3)7-8-15(12)13/h7-9,13,21H,4-6,10-11H2,1-3H3,(H2,18,19,20)/t13-/m0/s1. The van der Waals surface area contributed by atoms with Crippen LogP contribution in [0, 0.1) is 0 Å². The third-order valence-corrected chi connectivity index (χ3v) is 3.98. The Morgan fingerprint density at radius 3 is 2.86 bits per heavy atom. The van der Waals surface area contributed by atoms with Crippen molar-refractivity contribution < 1.29 is 14.6 Å². The fourth-order valence-electron chi connectivity index (χ4n) is 2.81. The Morgan fingerprint density at radius 2 is 2.18 bits per heavy atom. The highest BCUT2D eigenvalue weighted by atomic mass is 16.5. The summed E-state index contributed by atoms with van der Waals surface area (Å²) >= 11 is 0. The van der Waals surface area contributed by atoms with Gasteiger partial charge in [-0.2, -0.15) is 0 Å². The van der Waals surface area contributed by atoms with Crippen LogP contribution < -0.4 is 15.4 Å². The van der Waals surface area contributed by atoms with E-state index in [0.29, 0.717) is 12.5 Å². The number of hydrogen-bond donors (Lipinski definition) is 3. The number of urea groups is 1. The van der Waals surface area contributed by atoms with Gasteiger partial charge in [-0.15, -0.1) is 0 Å². The number of rotatable bonds is 5. The molecule has 0 aliphatic heterocycles. The minimum Gasteiger partial charge on any atom is -0.497 e. The van der Waals surface area contributed by atoms with Gasteiger partial charge in [-0.05, 0) is 56.4 Å². The molecule has 0 radical (unpaired) electrons. The van der Waals surface area contributed by atoms with Crippen molar-refractivity contribution in [1.29, 1.82) is 0 Å². The van der Waals surface area contributed by atoms with Gasteiger partial charge >= 0.3 is 6.03 Å². The summed E-state index contributed by atoms with van der Waals surface area (Å²) in [5.74, 6) is 1.22. The van der Waals surface area contributed by atoms with Gasteiger partial charge in [-0.25, -0.2) is 4.79 Å². The van der Waals surface area contributed by atoms with Gasteiger partial charge in [0.25, 0.3) is 0 Å². The van der Waals surface area contributed by atoms with Gasteiger partial charge in [-0.3, -0.25) is 0 Å². The molecule has 2 rings (SSSR count). The molecule has 5 heteroatoms. The molecule has 1 aromatic rings. The van der Waals surface area contributed by atoms with Crippen LogP contribution in [-0.2, 0) is 6.42 Å². The van der Waals surface area contributed by atoms with E-state index in [1.165, 1.54) is 11.1 Å². The molecule has 0 bridgehead atoms. The number of carbonyl (C=O) groups excluding carboxylic acids is 1. The molecule has 0 unspecified atom stereocenters. The second kappa shape index (κ2) is 7.01. The van der Waals surface area contributed by atoms with Crippen LogP contribution in [0.25, 0.3) is 0 Å². The number of fused-ring (bicyclic) bond motifs is 1. The third-order valence-electron chi connectivity index (χ3n) is 3.98. The second-order valence-corrected chi connectivity index (χ2v) is 6.53. The minimum atomic E-state index is -0.897. The lowest BCUT2D eigenvalue weighted by atomic mass is 9.82. The average molecular weight is 306 g/mol. The topological polar surface area (TPSA) is 70.6 Å². The van der Waals surface area contributed by atoms with Crippen molar-refractivity contribution in [3.63, 3.8) is 0 Å². The molecule has 1 aliphatic carbocycles. The van der Waals surface area contributed by atoms with Crippen molar-refractivity contribution >= 4 is 6.03 Å². The van der Waals surface area contributed by atoms with Crippen LogP contribution in [0.5, 0.6) is 5.75 Å². The van der Waals surface area contributed by atoms with Crippen LogP contribution in [0.1, 0.15) is 43.7 Å². The Morgan fingerprint density at radius 1 is 1.41 bits per heavy atom. The lowest BCUT2D eigenvalue weighted by molar-refractivity contribution is 0.0819. The van der Waals surface area contributed by atoms with Gasteiger partial charge in [0.15, 0.2) is 0 Å². The van der Waals surface area contributed by atoms with E-state index in [1.807, 2.05) is 6.07 Å². The molecule has 5 nitrogen and oxygen atoms in total. The molecule has 0 saturated heterocycles. The molecule has 122 valence electrons. The summed E-state index contributed by atoms with van der Waals surface area (Å²) in [4.78, 5) is 11.8.